The summed E-state index contributed by atoms with van der Waals surface area (Å²) in [5.74, 6) is 0.163. The fourth-order valence-electron chi connectivity index (χ4n) is 2.66. The van der Waals surface area contributed by atoms with Gasteiger partial charge in [0.1, 0.15) is 0 Å². The van der Waals surface area contributed by atoms with E-state index in [0.29, 0.717) is 6.54 Å². The molecule has 1 aliphatic rings. The summed E-state index contributed by atoms with van der Waals surface area (Å²) in [5.41, 5.74) is 1.52. The number of aryl methyl sites for hydroxylation is 1. The lowest BCUT2D eigenvalue weighted by molar-refractivity contribution is -0.138. The van der Waals surface area contributed by atoms with Gasteiger partial charge in [0.2, 0.25) is 5.91 Å². The second kappa shape index (κ2) is 5.70. The Hall–Kier alpha value is -1.42. The summed E-state index contributed by atoms with van der Waals surface area (Å²) >= 11 is 0. The molecular formula is C15H23N3O. The number of aromatic nitrogens is 1. The summed E-state index contributed by atoms with van der Waals surface area (Å²) < 4.78 is 0. The Balaban J connectivity index is 2.03. The van der Waals surface area contributed by atoms with Crippen LogP contribution in [0.2, 0.25) is 0 Å². The van der Waals surface area contributed by atoms with E-state index >= 15 is 0 Å². The lowest BCUT2D eigenvalue weighted by Gasteiger charge is -2.36. The normalized spacial score (nSPS) is 23.1. The second-order valence-corrected chi connectivity index (χ2v) is 5.65. The van der Waals surface area contributed by atoms with Gasteiger partial charge < -0.3 is 10.2 Å². The van der Waals surface area contributed by atoms with Crippen LogP contribution in [0.15, 0.2) is 18.2 Å². The summed E-state index contributed by atoms with van der Waals surface area (Å²) in [5, 5.41) is 3.36. The van der Waals surface area contributed by atoms with Gasteiger partial charge in [-0.1, -0.05) is 6.07 Å². The summed E-state index contributed by atoms with van der Waals surface area (Å²) in [6.45, 7) is 5.47. The number of rotatable bonds is 3. The van der Waals surface area contributed by atoms with Gasteiger partial charge in [0.05, 0.1) is 17.8 Å². The lowest BCUT2D eigenvalue weighted by Crippen LogP contribution is -2.57. The number of pyridine rings is 1. The number of nitrogens with one attached hydrogen (secondary N) is 1. The maximum absolute atomic E-state index is 12.5. The van der Waals surface area contributed by atoms with Crippen molar-refractivity contribution in [3.8, 4) is 0 Å². The average molecular weight is 261 g/mol. The van der Waals surface area contributed by atoms with Crippen LogP contribution in [-0.4, -0.2) is 34.9 Å². The predicted molar refractivity (Wildman–Crippen MR) is 75.7 cm³/mol. The van der Waals surface area contributed by atoms with Gasteiger partial charge in [-0.25, -0.2) is 0 Å². The number of nitrogens with zero attached hydrogens (tertiary/aromatic N) is 2. The first-order chi connectivity index (χ1) is 9.01. The molecule has 1 fully saturated rings. The predicted octanol–water partition coefficient (Wildman–Crippen LogP) is 1.88. The highest BCUT2D eigenvalue weighted by Gasteiger charge is 2.36. The van der Waals surface area contributed by atoms with E-state index in [1.54, 1.807) is 4.90 Å². The Morgan fingerprint density at radius 1 is 1.47 bits per heavy atom. The third-order valence-corrected chi connectivity index (χ3v) is 3.78. The molecule has 0 bridgehead atoms. The Labute approximate surface area is 115 Å². The van der Waals surface area contributed by atoms with Gasteiger partial charge in [0.15, 0.2) is 0 Å². The topological polar surface area (TPSA) is 45.2 Å². The number of amides is 1. The van der Waals surface area contributed by atoms with E-state index in [-0.39, 0.29) is 5.91 Å². The van der Waals surface area contributed by atoms with E-state index in [1.807, 2.05) is 39.1 Å². The number of piperidine rings is 1. The van der Waals surface area contributed by atoms with E-state index in [2.05, 4.69) is 10.3 Å². The highest BCUT2D eigenvalue weighted by Crippen LogP contribution is 2.21. The smallest absolute Gasteiger partial charge is 0.242 e. The number of carbonyl (C=O) groups excluding carboxylic acids is 1. The molecule has 2 heterocycles. The van der Waals surface area contributed by atoms with Crippen LogP contribution < -0.4 is 5.32 Å². The first-order valence-electron chi connectivity index (χ1n) is 6.94. The molecule has 4 heteroatoms. The molecule has 0 aliphatic carbocycles. The molecule has 0 spiro atoms. The molecule has 1 amide bonds. The van der Waals surface area contributed by atoms with E-state index in [0.717, 1.165) is 37.2 Å². The minimum Gasteiger partial charge on any atom is -0.338 e. The third kappa shape index (κ3) is 3.32. The number of carbonyl (C=O) groups is 1. The van der Waals surface area contributed by atoms with Crippen molar-refractivity contribution in [2.75, 3.05) is 13.6 Å². The van der Waals surface area contributed by atoms with E-state index in [9.17, 15) is 4.79 Å². The van der Waals surface area contributed by atoms with E-state index in [4.69, 9.17) is 0 Å². The molecular weight excluding hydrogens is 238 g/mol. The first-order valence-corrected chi connectivity index (χ1v) is 6.94. The monoisotopic (exact) mass is 261 g/mol. The zero-order chi connectivity index (χ0) is 13.9. The fraction of sp³-hybridized carbons (Fsp3) is 0.600. The van der Waals surface area contributed by atoms with Crippen LogP contribution in [0.4, 0.5) is 0 Å². The zero-order valence-electron chi connectivity index (χ0n) is 12.1. The van der Waals surface area contributed by atoms with Crippen LogP contribution >= 0.6 is 0 Å². The average Bonchev–Trinajstić information content (AvgIpc) is 2.38. The van der Waals surface area contributed by atoms with Crippen molar-refractivity contribution in [1.82, 2.24) is 15.2 Å². The third-order valence-electron chi connectivity index (χ3n) is 3.78. The molecule has 1 aromatic rings. The Morgan fingerprint density at radius 2 is 2.26 bits per heavy atom. The zero-order valence-corrected chi connectivity index (χ0v) is 12.1. The second-order valence-electron chi connectivity index (χ2n) is 5.65. The molecule has 1 aromatic heterocycles. The summed E-state index contributed by atoms with van der Waals surface area (Å²) in [7, 11) is 1.86. The van der Waals surface area contributed by atoms with Gasteiger partial charge in [0.25, 0.3) is 0 Å². The Kier molecular flexibility index (Phi) is 4.20. The molecule has 1 unspecified atom stereocenters. The van der Waals surface area contributed by atoms with Crippen LogP contribution in [0, 0.1) is 6.92 Å². The first kappa shape index (κ1) is 14.0. The number of hydrogen-bond donors (Lipinski definition) is 1. The van der Waals surface area contributed by atoms with Crippen LogP contribution in [-0.2, 0) is 11.3 Å². The molecule has 2 rings (SSSR count). The van der Waals surface area contributed by atoms with Crippen molar-refractivity contribution in [3.05, 3.63) is 29.6 Å². The van der Waals surface area contributed by atoms with Crippen molar-refractivity contribution in [2.45, 2.75) is 45.2 Å². The molecule has 0 saturated carbocycles. The maximum atomic E-state index is 12.5. The Bertz CT molecular complexity index is 452. The Morgan fingerprint density at radius 3 is 2.89 bits per heavy atom. The molecule has 104 valence electrons. The molecule has 4 nitrogen and oxygen atoms in total. The van der Waals surface area contributed by atoms with Gasteiger partial charge >= 0.3 is 0 Å². The molecule has 19 heavy (non-hydrogen) atoms. The standard InChI is InChI=1S/C15H23N3O/c1-12-7-6-8-13(17-12)11-18(3)14(19)15(2)9-4-5-10-16-15/h6-8,16H,4-5,9-11H2,1-3H3. The highest BCUT2D eigenvalue weighted by atomic mass is 16.2. The molecule has 1 atom stereocenters. The van der Waals surface area contributed by atoms with E-state index in [1.165, 1.54) is 0 Å². The number of hydrogen-bond acceptors (Lipinski definition) is 3. The van der Waals surface area contributed by atoms with Crippen LogP contribution in [0.3, 0.4) is 0 Å². The maximum Gasteiger partial charge on any atom is 0.242 e. The van der Waals surface area contributed by atoms with Crippen molar-refractivity contribution >= 4 is 5.91 Å². The van der Waals surface area contributed by atoms with Gasteiger partial charge in [-0.3, -0.25) is 9.78 Å². The van der Waals surface area contributed by atoms with Crippen molar-refractivity contribution in [1.29, 1.82) is 0 Å². The molecule has 0 aromatic carbocycles. The lowest BCUT2D eigenvalue weighted by atomic mass is 9.89. The van der Waals surface area contributed by atoms with Crippen LogP contribution in [0.25, 0.3) is 0 Å². The molecule has 1 saturated heterocycles. The van der Waals surface area contributed by atoms with Gasteiger partial charge in [-0.15, -0.1) is 0 Å². The van der Waals surface area contributed by atoms with Gasteiger partial charge in [-0.2, -0.15) is 0 Å². The molecule has 0 radical (unpaired) electrons. The minimum atomic E-state index is -0.406. The molecule has 1 aliphatic heterocycles. The van der Waals surface area contributed by atoms with Crippen molar-refractivity contribution in [2.24, 2.45) is 0 Å². The summed E-state index contributed by atoms with van der Waals surface area (Å²) in [6.07, 6.45) is 3.19. The SMILES string of the molecule is Cc1cccc(CN(C)C(=O)C2(C)CCCCN2)n1. The molecule has 1 N–H and O–H groups in total. The minimum absolute atomic E-state index is 0.163. The number of likely N-dealkylation sites (N-methyl/N-ethyl adjacent to an activating group) is 1. The largest absolute Gasteiger partial charge is 0.338 e. The van der Waals surface area contributed by atoms with Gasteiger partial charge in [-0.05, 0) is 51.8 Å². The van der Waals surface area contributed by atoms with E-state index < -0.39 is 5.54 Å². The van der Waals surface area contributed by atoms with Crippen molar-refractivity contribution < 1.29 is 4.79 Å². The quantitative estimate of drug-likeness (QED) is 0.903. The summed E-state index contributed by atoms with van der Waals surface area (Å²) in [6, 6.07) is 5.92. The van der Waals surface area contributed by atoms with Crippen LogP contribution in [0.5, 0.6) is 0 Å². The highest BCUT2D eigenvalue weighted by molar-refractivity contribution is 5.85. The summed E-state index contributed by atoms with van der Waals surface area (Å²) in [4.78, 5) is 18.8. The fourth-order valence-corrected chi connectivity index (χ4v) is 2.66. The van der Waals surface area contributed by atoms with Crippen molar-refractivity contribution in [3.63, 3.8) is 0 Å². The van der Waals surface area contributed by atoms with Gasteiger partial charge in [0, 0.05) is 12.7 Å². The van der Waals surface area contributed by atoms with Crippen LogP contribution in [0.1, 0.15) is 37.6 Å².